The highest BCUT2D eigenvalue weighted by Crippen LogP contribution is 2.27. The maximum absolute atomic E-state index is 11.3. The van der Waals surface area contributed by atoms with E-state index in [1.165, 1.54) is 0 Å². The molecule has 0 saturated heterocycles. The molecule has 7 heteroatoms. The Hall–Kier alpha value is -2.28. The van der Waals surface area contributed by atoms with Crippen LogP contribution in [0.25, 0.3) is 0 Å². The molecule has 0 saturated carbocycles. The molecule has 6 nitrogen and oxygen atoms in total. The van der Waals surface area contributed by atoms with Crippen LogP contribution in [-0.4, -0.2) is 21.4 Å². The lowest BCUT2D eigenvalue weighted by Gasteiger charge is -2.22. The standard InChI is InChI=1S/C14H16N4O2S/c1-3-17(9-11-7-5-4-6-8-11)13-12(18(19)20)14(21)16-10(2)15-13/h4-8H,3,9H2,1-2H3,(H,15,16,21). The van der Waals surface area contributed by atoms with E-state index < -0.39 is 4.92 Å². The van der Waals surface area contributed by atoms with Crippen LogP contribution < -0.4 is 4.90 Å². The molecule has 0 fully saturated rings. The number of nitro groups is 1. The third kappa shape index (κ3) is 3.43. The second-order valence-electron chi connectivity index (χ2n) is 4.58. The summed E-state index contributed by atoms with van der Waals surface area (Å²) in [4.78, 5) is 19.6. The molecule has 2 rings (SSSR count). The van der Waals surface area contributed by atoms with E-state index in [4.69, 9.17) is 12.2 Å². The van der Waals surface area contributed by atoms with Gasteiger partial charge in [0.05, 0.1) is 4.92 Å². The fraction of sp³-hybridized carbons (Fsp3) is 0.286. The summed E-state index contributed by atoms with van der Waals surface area (Å²) in [6.07, 6.45) is 0. The van der Waals surface area contributed by atoms with Crippen molar-refractivity contribution in [2.24, 2.45) is 0 Å². The van der Waals surface area contributed by atoms with Crippen molar-refractivity contribution in [3.63, 3.8) is 0 Å². The summed E-state index contributed by atoms with van der Waals surface area (Å²) in [6.45, 7) is 4.86. The lowest BCUT2D eigenvalue weighted by Crippen LogP contribution is -2.24. The summed E-state index contributed by atoms with van der Waals surface area (Å²) < 4.78 is 0.0118. The molecule has 0 unspecified atom stereocenters. The summed E-state index contributed by atoms with van der Waals surface area (Å²) in [7, 11) is 0. The molecule has 0 aliphatic heterocycles. The van der Waals surface area contributed by atoms with Gasteiger partial charge >= 0.3 is 5.69 Å². The van der Waals surface area contributed by atoms with E-state index in [2.05, 4.69) is 9.97 Å². The zero-order valence-electron chi connectivity index (χ0n) is 11.9. The Bertz CT molecular complexity index is 700. The van der Waals surface area contributed by atoms with E-state index in [1.807, 2.05) is 42.2 Å². The Morgan fingerprint density at radius 2 is 2.05 bits per heavy atom. The van der Waals surface area contributed by atoms with Crippen molar-refractivity contribution in [1.29, 1.82) is 0 Å². The molecular weight excluding hydrogens is 288 g/mol. The van der Waals surface area contributed by atoms with Gasteiger partial charge in [0.25, 0.3) is 0 Å². The number of H-pyrrole nitrogens is 1. The maximum Gasteiger partial charge on any atom is 0.345 e. The maximum atomic E-state index is 11.3. The highest BCUT2D eigenvalue weighted by atomic mass is 32.1. The van der Waals surface area contributed by atoms with Crippen molar-refractivity contribution in [1.82, 2.24) is 9.97 Å². The molecule has 21 heavy (non-hydrogen) atoms. The molecule has 2 aromatic rings. The lowest BCUT2D eigenvalue weighted by molar-refractivity contribution is -0.385. The average molecular weight is 304 g/mol. The van der Waals surface area contributed by atoms with Crippen LogP contribution in [0.2, 0.25) is 0 Å². The summed E-state index contributed by atoms with van der Waals surface area (Å²) in [5, 5.41) is 11.3. The smallest absolute Gasteiger partial charge is 0.345 e. The van der Waals surface area contributed by atoms with E-state index in [1.54, 1.807) is 6.92 Å². The first-order chi connectivity index (χ1) is 10.0. The largest absolute Gasteiger partial charge is 0.348 e. The quantitative estimate of drug-likeness (QED) is 0.520. The molecule has 0 amide bonds. The molecule has 1 heterocycles. The third-order valence-corrected chi connectivity index (χ3v) is 3.38. The number of anilines is 1. The second-order valence-corrected chi connectivity index (χ2v) is 4.97. The predicted octanol–water partition coefficient (Wildman–Crippen LogP) is 3.38. The first kappa shape index (κ1) is 15.1. The molecule has 0 radical (unpaired) electrons. The highest BCUT2D eigenvalue weighted by Gasteiger charge is 2.23. The number of nitrogens with one attached hydrogen (secondary N) is 1. The number of nitrogens with zero attached hydrogens (tertiary/aromatic N) is 3. The van der Waals surface area contributed by atoms with E-state index in [0.29, 0.717) is 24.7 Å². The van der Waals surface area contributed by atoms with Crippen LogP contribution in [0, 0.1) is 21.7 Å². The van der Waals surface area contributed by atoms with Crippen LogP contribution in [0.1, 0.15) is 18.3 Å². The monoisotopic (exact) mass is 304 g/mol. The number of aromatic nitrogens is 2. The minimum Gasteiger partial charge on any atom is -0.348 e. The number of benzene rings is 1. The molecule has 0 aliphatic rings. The van der Waals surface area contributed by atoms with Gasteiger partial charge in [-0.25, -0.2) is 4.98 Å². The number of aromatic amines is 1. The highest BCUT2D eigenvalue weighted by molar-refractivity contribution is 7.71. The zero-order chi connectivity index (χ0) is 15.4. The molecule has 1 aromatic carbocycles. The first-order valence-corrected chi connectivity index (χ1v) is 6.98. The number of aryl methyl sites for hydroxylation is 1. The van der Waals surface area contributed by atoms with Gasteiger partial charge in [0.1, 0.15) is 5.82 Å². The van der Waals surface area contributed by atoms with Crippen LogP contribution in [-0.2, 0) is 6.54 Å². The first-order valence-electron chi connectivity index (χ1n) is 6.57. The fourth-order valence-electron chi connectivity index (χ4n) is 2.11. The van der Waals surface area contributed by atoms with Crippen molar-refractivity contribution in [2.45, 2.75) is 20.4 Å². The Balaban J connectivity index is 2.47. The van der Waals surface area contributed by atoms with Gasteiger partial charge < -0.3 is 9.88 Å². The van der Waals surface area contributed by atoms with E-state index in [0.717, 1.165) is 5.56 Å². The zero-order valence-corrected chi connectivity index (χ0v) is 12.7. The van der Waals surface area contributed by atoms with Crippen LogP contribution in [0.15, 0.2) is 30.3 Å². The molecule has 110 valence electrons. The lowest BCUT2D eigenvalue weighted by atomic mass is 10.2. The topological polar surface area (TPSA) is 75.1 Å². The second kappa shape index (κ2) is 6.45. The van der Waals surface area contributed by atoms with Crippen LogP contribution in [0.3, 0.4) is 0 Å². The number of rotatable bonds is 5. The van der Waals surface area contributed by atoms with Crippen molar-refractivity contribution < 1.29 is 4.92 Å². The van der Waals surface area contributed by atoms with Crippen molar-refractivity contribution in [3.8, 4) is 0 Å². The van der Waals surface area contributed by atoms with Gasteiger partial charge in [-0.3, -0.25) is 10.1 Å². The van der Waals surface area contributed by atoms with E-state index >= 15 is 0 Å². The average Bonchev–Trinajstić information content (AvgIpc) is 2.44. The van der Waals surface area contributed by atoms with Gasteiger partial charge in [-0.15, -0.1) is 0 Å². The summed E-state index contributed by atoms with van der Waals surface area (Å²) in [5.74, 6) is 0.968. The van der Waals surface area contributed by atoms with Crippen LogP contribution in [0.5, 0.6) is 0 Å². The van der Waals surface area contributed by atoms with Gasteiger partial charge in [-0.05, 0) is 19.4 Å². The van der Waals surface area contributed by atoms with Gasteiger partial charge in [-0.1, -0.05) is 42.5 Å². The number of hydrogen-bond donors (Lipinski definition) is 1. The molecule has 1 N–H and O–H groups in total. The predicted molar refractivity (Wildman–Crippen MR) is 84.0 cm³/mol. The van der Waals surface area contributed by atoms with Crippen molar-refractivity contribution >= 4 is 23.7 Å². The Morgan fingerprint density at radius 3 is 2.62 bits per heavy atom. The van der Waals surface area contributed by atoms with E-state index in [9.17, 15) is 10.1 Å². The van der Waals surface area contributed by atoms with Crippen molar-refractivity contribution in [3.05, 3.63) is 56.5 Å². The minimum atomic E-state index is -0.478. The molecule has 0 bridgehead atoms. The molecule has 1 aromatic heterocycles. The summed E-state index contributed by atoms with van der Waals surface area (Å²) in [5.41, 5.74) is 0.927. The normalized spacial score (nSPS) is 10.4. The number of hydrogen-bond acceptors (Lipinski definition) is 5. The summed E-state index contributed by atoms with van der Waals surface area (Å²) >= 11 is 5.04. The molecule has 0 spiro atoms. The van der Waals surface area contributed by atoms with Crippen molar-refractivity contribution in [2.75, 3.05) is 11.4 Å². The molecular formula is C14H16N4O2S. The minimum absolute atomic E-state index is 0.0118. The SMILES string of the molecule is CCN(Cc1ccccc1)c1[nH]c(C)nc(=S)c1[N+](=O)[O-]. The Morgan fingerprint density at radius 1 is 1.38 bits per heavy atom. The van der Waals surface area contributed by atoms with Gasteiger partial charge in [0.15, 0.2) is 5.82 Å². The van der Waals surface area contributed by atoms with Gasteiger partial charge in [0.2, 0.25) is 4.64 Å². The molecule has 0 atom stereocenters. The van der Waals surface area contributed by atoms with Crippen LogP contribution >= 0.6 is 12.2 Å². The summed E-state index contributed by atoms with van der Waals surface area (Å²) in [6, 6.07) is 9.79. The fourth-order valence-corrected chi connectivity index (χ4v) is 2.42. The van der Waals surface area contributed by atoms with Gasteiger partial charge in [-0.2, -0.15) is 0 Å². The Kier molecular flexibility index (Phi) is 4.64. The van der Waals surface area contributed by atoms with E-state index in [-0.39, 0.29) is 10.3 Å². The van der Waals surface area contributed by atoms with Crippen LogP contribution in [0.4, 0.5) is 11.5 Å². The molecule has 0 aliphatic carbocycles. The van der Waals surface area contributed by atoms with Gasteiger partial charge in [0, 0.05) is 13.1 Å². The third-order valence-electron chi connectivity index (χ3n) is 3.09. The Labute approximate surface area is 127 Å².